The van der Waals surface area contributed by atoms with E-state index in [2.05, 4.69) is 28.2 Å². The van der Waals surface area contributed by atoms with Crippen LogP contribution in [0.4, 0.5) is 10.1 Å². The number of aromatic nitrogens is 3. The number of halogens is 1. The van der Waals surface area contributed by atoms with E-state index in [1.165, 1.54) is 23.9 Å². The standard InChI is InChI=1S/C21H18FN5OS/c1-3-12-27-19(15-8-10-17(22)11-9-15)25-26-21(27)29-14(2)20(28)24-18-7-5-4-6-16(18)13-23/h3-11,14H,1,12H2,2H3,(H,24,28)/t14-/m0/s1. The maximum absolute atomic E-state index is 13.2. The van der Waals surface area contributed by atoms with Crippen molar-refractivity contribution >= 4 is 23.4 Å². The number of benzene rings is 2. The Bertz CT molecular complexity index is 1070. The van der Waals surface area contributed by atoms with E-state index in [0.29, 0.717) is 34.3 Å². The predicted molar refractivity (Wildman–Crippen MR) is 111 cm³/mol. The van der Waals surface area contributed by atoms with E-state index in [-0.39, 0.29) is 11.7 Å². The number of para-hydroxylation sites is 1. The average molecular weight is 407 g/mol. The number of thioether (sulfide) groups is 1. The number of anilines is 1. The smallest absolute Gasteiger partial charge is 0.237 e. The number of hydrogen-bond donors (Lipinski definition) is 1. The molecule has 8 heteroatoms. The Hall–Kier alpha value is -3.44. The Morgan fingerprint density at radius 3 is 2.72 bits per heavy atom. The second kappa shape index (κ2) is 9.17. The van der Waals surface area contributed by atoms with Gasteiger partial charge in [0.25, 0.3) is 0 Å². The maximum atomic E-state index is 13.2. The molecule has 146 valence electrons. The molecular weight excluding hydrogens is 389 g/mol. The summed E-state index contributed by atoms with van der Waals surface area (Å²) in [5.74, 6) is -0.0231. The van der Waals surface area contributed by atoms with Crippen molar-refractivity contribution in [2.24, 2.45) is 0 Å². The van der Waals surface area contributed by atoms with Crippen molar-refractivity contribution in [1.29, 1.82) is 5.26 Å². The van der Waals surface area contributed by atoms with Crippen LogP contribution >= 0.6 is 11.8 Å². The molecule has 6 nitrogen and oxygen atoms in total. The van der Waals surface area contributed by atoms with Crippen LogP contribution in [0.3, 0.4) is 0 Å². The van der Waals surface area contributed by atoms with Crippen LogP contribution in [-0.2, 0) is 11.3 Å². The highest BCUT2D eigenvalue weighted by atomic mass is 32.2. The van der Waals surface area contributed by atoms with Crippen molar-refractivity contribution in [2.45, 2.75) is 23.9 Å². The number of nitriles is 1. The molecule has 1 aromatic heterocycles. The predicted octanol–water partition coefficient (Wildman–Crippen LogP) is 4.26. The van der Waals surface area contributed by atoms with Gasteiger partial charge in [-0.2, -0.15) is 5.26 Å². The van der Waals surface area contributed by atoms with Gasteiger partial charge < -0.3 is 5.32 Å². The maximum Gasteiger partial charge on any atom is 0.237 e. The van der Waals surface area contributed by atoms with Crippen LogP contribution in [0.2, 0.25) is 0 Å². The zero-order valence-corrected chi connectivity index (χ0v) is 16.5. The minimum Gasteiger partial charge on any atom is -0.324 e. The molecule has 0 saturated carbocycles. The molecule has 3 aromatic rings. The quantitative estimate of drug-likeness (QED) is 0.467. The van der Waals surface area contributed by atoms with Gasteiger partial charge in [-0.05, 0) is 43.3 Å². The lowest BCUT2D eigenvalue weighted by atomic mass is 10.2. The van der Waals surface area contributed by atoms with Crippen molar-refractivity contribution in [3.8, 4) is 17.5 Å². The molecule has 3 rings (SSSR count). The topological polar surface area (TPSA) is 83.6 Å². The molecule has 0 spiro atoms. The van der Waals surface area contributed by atoms with Crippen LogP contribution in [0.25, 0.3) is 11.4 Å². The first-order valence-electron chi connectivity index (χ1n) is 8.80. The third-order valence-corrected chi connectivity index (χ3v) is 5.17. The first kappa shape index (κ1) is 20.3. The lowest BCUT2D eigenvalue weighted by molar-refractivity contribution is -0.115. The van der Waals surface area contributed by atoms with Gasteiger partial charge in [0, 0.05) is 12.1 Å². The fourth-order valence-corrected chi connectivity index (χ4v) is 3.48. The number of rotatable bonds is 7. The summed E-state index contributed by atoms with van der Waals surface area (Å²) in [7, 11) is 0. The molecule has 0 bridgehead atoms. The molecule has 0 aliphatic heterocycles. The fraction of sp³-hybridized carbons (Fsp3) is 0.143. The van der Waals surface area contributed by atoms with E-state index >= 15 is 0 Å². The van der Waals surface area contributed by atoms with Crippen LogP contribution < -0.4 is 5.32 Å². The third kappa shape index (κ3) is 4.70. The normalized spacial score (nSPS) is 11.5. The van der Waals surface area contributed by atoms with Crippen molar-refractivity contribution in [1.82, 2.24) is 14.8 Å². The molecule has 0 fully saturated rings. The summed E-state index contributed by atoms with van der Waals surface area (Å²) in [6, 6.07) is 14.8. The van der Waals surface area contributed by atoms with E-state index in [4.69, 9.17) is 5.26 Å². The Morgan fingerprint density at radius 1 is 1.31 bits per heavy atom. The number of amides is 1. The first-order valence-corrected chi connectivity index (χ1v) is 9.68. The fourth-order valence-electron chi connectivity index (χ4n) is 2.62. The first-order chi connectivity index (χ1) is 14.0. The van der Waals surface area contributed by atoms with Crippen LogP contribution in [0.1, 0.15) is 12.5 Å². The number of carbonyl (C=O) groups is 1. The monoisotopic (exact) mass is 407 g/mol. The summed E-state index contributed by atoms with van der Waals surface area (Å²) in [4.78, 5) is 12.6. The van der Waals surface area contributed by atoms with Crippen molar-refractivity contribution < 1.29 is 9.18 Å². The van der Waals surface area contributed by atoms with Gasteiger partial charge >= 0.3 is 0 Å². The van der Waals surface area contributed by atoms with Crippen molar-refractivity contribution in [3.05, 3.63) is 72.6 Å². The van der Waals surface area contributed by atoms with Gasteiger partial charge in [-0.15, -0.1) is 16.8 Å². The van der Waals surface area contributed by atoms with Crippen LogP contribution in [0, 0.1) is 17.1 Å². The number of nitrogens with zero attached hydrogens (tertiary/aromatic N) is 4. The summed E-state index contributed by atoms with van der Waals surface area (Å²) in [5.41, 5.74) is 1.58. The van der Waals surface area contributed by atoms with E-state index in [1.54, 1.807) is 49.4 Å². The zero-order valence-electron chi connectivity index (χ0n) is 15.7. The van der Waals surface area contributed by atoms with Gasteiger partial charge in [-0.3, -0.25) is 9.36 Å². The third-order valence-electron chi connectivity index (χ3n) is 4.09. The largest absolute Gasteiger partial charge is 0.324 e. The minimum atomic E-state index is -0.490. The van der Waals surface area contributed by atoms with E-state index < -0.39 is 5.25 Å². The van der Waals surface area contributed by atoms with Gasteiger partial charge in [-0.25, -0.2) is 4.39 Å². The highest BCUT2D eigenvalue weighted by molar-refractivity contribution is 8.00. The van der Waals surface area contributed by atoms with Crippen LogP contribution in [-0.4, -0.2) is 25.9 Å². The summed E-state index contributed by atoms with van der Waals surface area (Å²) in [6.07, 6.45) is 1.70. The van der Waals surface area contributed by atoms with Gasteiger partial charge in [0.05, 0.1) is 16.5 Å². The number of allylic oxidation sites excluding steroid dienone is 1. The molecule has 1 amide bonds. The average Bonchev–Trinajstić information content (AvgIpc) is 3.11. The molecule has 2 aromatic carbocycles. The summed E-state index contributed by atoms with van der Waals surface area (Å²) < 4.78 is 15.0. The van der Waals surface area contributed by atoms with E-state index in [9.17, 15) is 9.18 Å². The molecule has 1 N–H and O–H groups in total. The molecule has 0 aliphatic rings. The van der Waals surface area contributed by atoms with E-state index in [1.807, 2.05) is 4.57 Å². The second-order valence-corrected chi connectivity index (χ2v) is 7.43. The second-order valence-electron chi connectivity index (χ2n) is 6.12. The van der Waals surface area contributed by atoms with Gasteiger partial charge in [0.2, 0.25) is 5.91 Å². The number of carbonyl (C=O) groups excluding carboxylic acids is 1. The molecule has 0 unspecified atom stereocenters. The Morgan fingerprint density at radius 2 is 2.03 bits per heavy atom. The van der Waals surface area contributed by atoms with Gasteiger partial charge in [0.1, 0.15) is 11.9 Å². The molecular formula is C21H18FN5OS. The number of nitrogens with one attached hydrogen (secondary N) is 1. The van der Waals surface area contributed by atoms with E-state index in [0.717, 1.165) is 0 Å². The Kier molecular flexibility index (Phi) is 6.42. The molecule has 0 radical (unpaired) electrons. The van der Waals surface area contributed by atoms with Crippen molar-refractivity contribution in [2.75, 3.05) is 5.32 Å². The van der Waals surface area contributed by atoms with Gasteiger partial charge in [-0.1, -0.05) is 30.0 Å². The molecule has 0 saturated heterocycles. The minimum absolute atomic E-state index is 0.255. The van der Waals surface area contributed by atoms with Crippen LogP contribution in [0.5, 0.6) is 0 Å². The molecule has 0 aliphatic carbocycles. The van der Waals surface area contributed by atoms with Crippen LogP contribution in [0.15, 0.2) is 66.3 Å². The SMILES string of the molecule is C=CCn1c(S[C@@H](C)C(=O)Nc2ccccc2C#N)nnc1-c1ccc(F)cc1. The Labute approximate surface area is 172 Å². The highest BCUT2D eigenvalue weighted by Gasteiger charge is 2.21. The Balaban J connectivity index is 1.80. The highest BCUT2D eigenvalue weighted by Crippen LogP contribution is 2.28. The lowest BCUT2D eigenvalue weighted by Crippen LogP contribution is -2.23. The molecule has 29 heavy (non-hydrogen) atoms. The summed E-state index contributed by atoms with van der Waals surface area (Å²) >= 11 is 1.24. The molecule has 1 atom stereocenters. The zero-order chi connectivity index (χ0) is 20.8. The lowest BCUT2D eigenvalue weighted by Gasteiger charge is -2.13. The van der Waals surface area contributed by atoms with Gasteiger partial charge in [0.15, 0.2) is 11.0 Å². The molecule has 1 heterocycles. The number of hydrogen-bond acceptors (Lipinski definition) is 5. The summed E-state index contributed by atoms with van der Waals surface area (Å²) in [5, 5.41) is 20.4. The van der Waals surface area contributed by atoms with Crippen molar-refractivity contribution in [3.63, 3.8) is 0 Å². The summed E-state index contributed by atoms with van der Waals surface area (Å²) in [6.45, 7) is 5.95.